The van der Waals surface area contributed by atoms with Crippen molar-refractivity contribution in [3.8, 4) is 111 Å². The highest BCUT2D eigenvalue weighted by Crippen LogP contribution is 2.55. The molecule has 3 heterocycles. The molecule has 0 bridgehead atoms. The maximum absolute atomic E-state index is 9.60. The van der Waals surface area contributed by atoms with Crippen LogP contribution >= 0.6 is 0 Å². The second-order valence-electron chi connectivity index (χ2n) is 37.0. The summed E-state index contributed by atoms with van der Waals surface area (Å²) in [4.78, 5) is 0. The van der Waals surface area contributed by atoms with Crippen LogP contribution in [-0.4, -0.2) is 0 Å². The molecule has 31 rings (SSSR count). The summed E-state index contributed by atoms with van der Waals surface area (Å²) in [6.07, 6.45) is 0. The van der Waals surface area contributed by atoms with Gasteiger partial charge in [0.1, 0.15) is 33.5 Å². The lowest BCUT2D eigenvalue weighted by atomic mass is 9.83. The Labute approximate surface area is 881 Å². The molecule has 0 aliphatic heterocycles. The van der Waals surface area contributed by atoms with Crippen LogP contribution in [0.5, 0.6) is 0 Å². The van der Waals surface area contributed by atoms with E-state index in [0.717, 1.165) is 131 Å². The average molecular weight is 1890 g/mol. The number of hydrogen-bond acceptors (Lipinski definition) is 3. The zero-order chi connectivity index (χ0) is 118. The second kappa shape index (κ2) is 34.8. The molecule has 3 heteroatoms. The Morgan fingerprint density at radius 3 is 0.816 bits per heavy atom. The quantitative estimate of drug-likeness (QED) is 0.128. The molecule has 0 saturated heterocycles. The van der Waals surface area contributed by atoms with Crippen LogP contribution in [0, 0.1) is 0 Å². The third kappa shape index (κ3) is 14.0. The molecular formula is C144H88O3. The lowest BCUT2D eigenvalue weighted by Gasteiger charge is -2.20. The Kier molecular flexibility index (Phi) is 15.0. The van der Waals surface area contributed by atoms with E-state index >= 15 is 0 Å². The second-order valence-corrected chi connectivity index (χ2v) is 37.0. The zero-order valence-electron chi connectivity index (χ0n) is 102. The van der Waals surface area contributed by atoms with Crippen molar-refractivity contribution < 1.29 is 46.1 Å². The van der Waals surface area contributed by atoms with Gasteiger partial charge in [-0.1, -0.05) is 467 Å². The van der Waals surface area contributed by atoms with Crippen molar-refractivity contribution in [3.05, 3.63) is 533 Å². The Morgan fingerprint density at radius 1 is 0.122 bits per heavy atom. The molecule has 0 spiro atoms. The molecule has 0 fully saturated rings. The largest absolute Gasteiger partial charge is 0.456 e. The fraction of sp³-hybridized carbons (Fsp3) is 0. The SMILES string of the molecule is [2H]c1c([2H])c([2H])c2c(-c3ccc4oc5cc6ccccc6cc5c4c3)c3c([2H])c([2H])c([2H])c([2H])c3c(-c3ccc(-c4ccccc4)c(-c4ccccc4)c3)c2c1[2H].[2H]c1c([2H])c([2H])c2c(-c3cccc4oc5cc6ccccc6cc5c34)c3c([2H])c([2H])c([2H])c([2H])c3c(-c3ccc(-c4cccc5ccccc45)c4ccccc34)c2c1[2H].[2H]c1c([2H])c([2H])c2c(-c3cccc4oc5cc6ccccc6cc5c34)c3c([2H])c([2H])c([2H])c([2H])c3c(-c3ccc(-c4ccccc4)c4ccccc34)c2c1[2H]. The van der Waals surface area contributed by atoms with Crippen LogP contribution in [0.25, 0.3) is 306 Å². The maximum Gasteiger partial charge on any atom is 0.136 e. The highest BCUT2D eigenvalue weighted by atomic mass is 16.3. The van der Waals surface area contributed by atoms with Crippen LogP contribution in [0.3, 0.4) is 0 Å². The molecule has 0 aliphatic rings. The van der Waals surface area contributed by atoms with Gasteiger partial charge in [0.25, 0.3) is 0 Å². The van der Waals surface area contributed by atoms with Crippen LogP contribution in [0.2, 0.25) is 0 Å². The molecule has 3 nitrogen and oxygen atoms in total. The van der Waals surface area contributed by atoms with E-state index < -0.39 is 72.5 Å². The highest BCUT2D eigenvalue weighted by Gasteiger charge is 2.28. The smallest absolute Gasteiger partial charge is 0.136 e. The minimum absolute atomic E-state index is 0.161. The van der Waals surface area contributed by atoms with Gasteiger partial charge in [-0.2, -0.15) is 0 Å². The first-order chi connectivity index (χ1) is 82.9. The van der Waals surface area contributed by atoms with E-state index in [1.54, 1.807) is 12.1 Å². The summed E-state index contributed by atoms with van der Waals surface area (Å²) in [5.74, 6) is 0. The van der Waals surface area contributed by atoms with Gasteiger partial charge in [-0.15, -0.1) is 0 Å². The Morgan fingerprint density at radius 2 is 0.388 bits per heavy atom. The summed E-state index contributed by atoms with van der Waals surface area (Å²) in [7, 11) is 0. The first-order valence-electron chi connectivity index (χ1n) is 60.7. The molecule has 3 aromatic heterocycles. The van der Waals surface area contributed by atoms with Gasteiger partial charge in [0.15, 0.2) is 0 Å². The molecule has 0 radical (unpaired) electrons. The van der Waals surface area contributed by atoms with Crippen LogP contribution in [0.15, 0.2) is 547 Å². The Balaban J connectivity index is 0.000000116. The summed E-state index contributed by atoms with van der Waals surface area (Å²) in [6.45, 7) is 0. The first-order valence-corrected chi connectivity index (χ1v) is 48.7. The molecule has 28 aromatic carbocycles. The number of rotatable bonds is 10. The van der Waals surface area contributed by atoms with Crippen LogP contribution in [-0.2, 0) is 0 Å². The van der Waals surface area contributed by atoms with Gasteiger partial charge in [0, 0.05) is 32.3 Å². The molecular weight excluding hydrogens is 1780 g/mol. The maximum atomic E-state index is 9.60. The first kappa shape index (κ1) is 63.5. The van der Waals surface area contributed by atoms with E-state index in [9.17, 15) is 16.4 Å². The molecule has 0 aliphatic carbocycles. The molecule has 0 atom stereocenters. The Hall–Kier alpha value is -19.3. The molecule has 0 amide bonds. The van der Waals surface area contributed by atoms with E-state index in [4.69, 9.17) is 29.7 Å². The third-order valence-electron chi connectivity index (χ3n) is 29.0. The fourth-order valence-corrected chi connectivity index (χ4v) is 22.6. The molecule has 0 unspecified atom stereocenters. The summed E-state index contributed by atoms with van der Waals surface area (Å²) < 4.78 is 241. The minimum Gasteiger partial charge on any atom is -0.456 e. The predicted molar refractivity (Wildman–Crippen MR) is 626 cm³/mol. The van der Waals surface area contributed by atoms with Crippen molar-refractivity contribution in [2.45, 2.75) is 0 Å². The van der Waals surface area contributed by atoms with Gasteiger partial charge in [0.2, 0.25) is 0 Å². The normalized spacial score (nSPS) is 14.1. The number of furan rings is 3. The molecule has 0 saturated carbocycles. The lowest BCUT2D eigenvalue weighted by Crippen LogP contribution is -1.93. The van der Waals surface area contributed by atoms with Crippen LogP contribution in [0.1, 0.15) is 32.9 Å². The van der Waals surface area contributed by atoms with Crippen molar-refractivity contribution in [2.24, 2.45) is 0 Å². The summed E-state index contributed by atoms with van der Waals surface area (Å²) in [5.41, 5.74) is 16.4. The average Bonchev–Trinajstić information content (AvgIpc) is 1.57. The topological polar surface area (TPSA) is 39.4 Å². The predicted octanol–water partition coefficient (Wildman–Crippen LogP) is 41.3. The molecule has 0 N–H and O–H groups in total. The van der Waals surface area contributed by atoms with Gasteiger partial charge in [-0.3, -0.25) is 0 Å². The van der Waals surface area contributed by atoms with E-state index in [0.29, 0.717) is 105 Å². The van der Waals surface area contributed by atoms with E-state index in [1.165, 1.54) is 0 Å². The van der Waals surface area contributed by atoms with Crippen molar-refractivity contribution >= 4 is 195 Å². The number of fused-ring (bicyclic) bond motifs is 21. The van der Waals surface area contributed by atoms with Crippen molar-refractivity contribution in [1.82, 2.24) is 0 Å². The summed E-state index contributed by atoms with van der Waals surface area (Å²) >= 11 is 0. The summed E-state index contributed by atoms with van der Waals surface area (Å²) in [5, 5.41) is 18.0. The van der Waals surface area contributed by atoms with Crippen LogP contribution < -0.4 is 0 Å². The van der Waals surface area contributed by atoms with Crippen molar-refractivity contribution in [3.63, 3.8) is 0 Å². The van der Waals surface area contributed by atoms with E-state index in [-0.39, 0.29) is 143 Å². The standard InChI is InChI=1S/C50H30O.C48H30O.C46H28O/c1-2-15-33-30-47-45(29-32(33)14-1)50-44(25-12-26-46(50)51-47)49-41-22-9-7-20-39(41)48(40-21-8-10-23-42(40)49)43-28-27-38(36-18-5-6-19-37(36)43)35-24-11-16-31-13-3-4-17-34(31)35;1-3-13-31(14-4-1)37-25-23-35(28-42(37)32-15-5-2-6-16-32)47-38-19-9-11-21-40(38)48(41-22-12-10-20-39(41)47)36-24-26-45-43(29-36)44-27-33-17-7-8-18-34(33)30-46(44)49-45;1-2-13-29(14-3-1)32-25-26-39(34-18-7-6-17-33(32)34)44-35-19-8-10-21-37(35)45(38-22-11-9-20-36(38)44)40-23-12-24-42-46(40)41-27-30-15-4-5-16-31(30)28-43(41)47-42/h1-30H;1-30H;1-28H/i7D,8D,9D,10D,20D,21D,22D,23D;9D,10D,11D,12D,19D,20D,21D,22D;8D,9D,10D,11D,19D,20D,21D,22D. The Bertz CT molecular complexity index is 12200. The van der Waals surface area contributed by atoms with Gasteiger partial charge >= 0.3 is 0 Å². The van der Waals surface area contributed by atoms with Crippen molar-refractivity contribution in [1.29, 1.82) is 0 Å². The monoisotopic (exact) mass is 1890 g/mol. The third-order valence-corrected chi connectivity index (χ3v) is 29.0. The molecule has 682 valence electrons. The summed E-state index contributed by atoms with van der Waals surface area (Å²) in [6, 6.07) is 117. The van der Waals surface area contributed by atoms with Gasteiger partial charge in [-0.05, 0) is 307 Å². The van der Waals surface area contributed by atoms with E-state index in [2.05, 4.69) is 30.3 Å². The van der Waals surface area contributed by atoms with Gasteiger partial charge < -0.3 is 13.3 Å². The highest BCUT2D eigenvalue weighted by molar-refractivity contribution is 6.32. The number of benzene rings is 28. The van der Waals surface area contributed by atoms with E-state index in [1.807, 2.05) is 346 Å². The van der Waals surface area contributed by atoms with Crippen molar-refractivity contribution in [2.75, 3.05) is 0 Å². The lowest BCUT2D eigenvalue weighted by molar-refractivity contribution is 0.669. The zero-order valence-corrected chi connectivity index (χ0v) is 78.2. The molecule has 31 aromatic rings. The van der Waals surface area contributed by atoms with Gasteiger partial charge in [-0.25, -0.2) is 0 Å². The molecule has 147 heavy (non-hydrogen) atoms. The fourth-order valence-electron chi connectivity index (χ4n) is 22.6. The van der Waals surface area contributed by atoms with Gasteiger partial charge in [0.05, 0.1) is 32.9 Å². The van der Waals surface area contributed by atoms with Crippen LogP contribution in [0.4, 0.5) is 0 Å². The number of hydrogen-bond donors (Lipinski definition) is 0. The minimum atomic E-state index is -0.443.